The van der Waals surface area contributed by atoms with E-state index >= 15 is 0 Å². The number of nitrogens with zero attached hydrogens (tertiary/aromatic N) is 2. The van der Waals surface area contributed by atoms with Crippen molar-refractivity contribution in [2.45, 2.75) is 45.3 Å². The Kier molecular flexibility index (Phi) is 6.47. The van der Waals surface area contributed by atoms with Crippen LogP contribution in [-0.2, 0) is 9.47 Å². The number of amides is 1. The quantitative estimate of drug-likeness (QED) is 0.616. The normalized spacial score (nSPS) is 19.6. The minimum atomic E-state index is -1.30. The van der Waals surface area contributed by atoms with Gasteiger partial charge in [-0.1, -0.05) is 18.5 Å². The van der Waals surface area contributed by atoms with Crippen molar-refractivity contribution in [1.29, 1.82) is 0 Å². The zero-order chi connectivity index (χ0) is 20.4. The number of ether oxygens (including phenoxy) is 2. The topological polar surface area (TPSA) is 102 Å². The van der Waals surface area contributed by atoms with Crippen molar-refractivity contribution in [3.63, 3.8) is 0 Å². The molecule has 2 atom stereocenters. The van der Waals surface area contributed by atoms with Crippen LogP contribution >= 0.6 is 27.5 Å². The van der Waals surface area contributed by atoms with E-state index in [0.29, 0.717) is 24.8 Å². The SMILES string of the molecule is CCOC(=O)N(c1c(C(=O)O)oc2c(Br)nc(Cl)cc12)[C@H]1CCO[C@@H](CC)C1. The van der Waals surface area contributed by atoms with Gasteiger partial charge in [0, 0.05) is 12.6 Å². The molecule has 3 rings (SSSR count). The maximum absolute atomic E-state index is 12.9. The molecule has 0 radical (unpaired) electrons. The van der Waals surface area contributed by atoms with E-state index in [1.54, 1.807) is 6.92 Å². The molecule has 10 heteroatoms. The van der Waals surface area contributed by atoms with Crippen LogP contribution in [0.3, 0.4) is 0 Å². The number of anilines is 1. The van der Waals surface area contributed by atoms with E-state index in [1.807, 2.05) is 6.92 Å². The minimum Gasteiger partial charge on any atom is -0.475 e. The summed E-state index contributed by atoms with van der Waals surface area (Å²) in [5, 5.41) is 10.2. The van der Waals surface area contributed by atoms with Crippen LogP contribution < -0.4 is 4.90 Å². The fourth-order valence-electron chi connectivity index (χ4n) is 3.40. The Labute approximate surface area is 174 Å². The summed E-state index contributed by atoms with van der Waals surface area (Å²) in [6, 6.07) is 1.18. The number of hydrogen-bond acceptors (Lipinski definition) is 6. The summed E-state index contributed by atoms with van der Waals surface area (Å²) in [7, 11) is 0. The Morgan fingerprint density at radius 3 is 2.86 bits per heavy atom. The van der Waals surface area contributed by atoms with Gasteiger partial charge in [0.1, 0.15) is 10.8 Å². The third-order valence-electron chi connectivity index (χ3n) is 4.63. The van der Waals surface area contributed by atoms with Crippen LogP contribution in [0.5, 0.6) is 0 Å². The summed E-state index contributed by atoms with van der Waals surface area (Å²) < 4.78 is 16.8. The lowest BCUT2D eigenvalue weighted by atomic mass is 9.99. The molecule has 1 saturated heterocycles. The molecule has 1 amide bonds. The number of rotatable bonds is 5. The summed E-state index contributed by atoms with van der Waals surface area (Å²) in [6.45, 7) is 4.31. The van der Waals surface area contributed by atoms with Crippen LogP contribution in [0, 0.1) is 0 Å². The van der Waals surface area contributed by atoms with Crippen molar-refractivity contribution in [2.24, 2.45) is 0 Å². The smallest absolute Gasteiger partial charge is 0.414 e. The summed E-state index contributed by atoms with van der Waals surface area (Å²) in [6.07, 6.45) is 1.21. The van der Waals surface area contributed by atoms with Gasteiger partial charge in [0.2, 0.25) is 5.76 Å². The van der Waals surface area contributed by atoms with Crippen molar-refractivity contribution in [3.05, 3.63) is 21.6 Å². The molecule has 0 spiro atoms. The number of carboxylic acid groups (broad SMARTS) is 1. The van der Waals surface area contributed by atoms with Gasteiger partial charge in [0.15, 0.2) is 10.2 Å². The molecular formula is C18H20BrClN2O6. The van der Waals surface area contributed by atoms with Gasteiger partial charge in [-0.05, 0) is 48.2 Å². The number of fused-ring (bicyclic) bond motifs is 1. The van der Waals surface area contributed by atoms with Crippen LogP contribution in [-0.4, -0.2) is 47.5 Å². The monoisotopic (exact) mass is 474 g/mol. The number of aromatic nitrogens is 1. The molecule has 1 aliphatic heterocycles. The third-order valence-corrected chi connectivity index (χ3v) is 5.37. The van der Waals surface area contributed by atoms with Gasteiger partial charge in [-0.2, -0.15) is 0 Å². The number of hydrogen-bond donors (Lipinski definition) is 1. The molecule has 2 aromatic heterocycles. The zero-order valence-electron chi connectivity index (χ0n) is 15.4. The van der Waals surface area contributed by atoms with Crippen molar-refractivity contribution in [2.75, 3.05) is 18.1 Å². The molecule has 2 aromatic rings. The Bertz CT molecular complexity index is 902. The maximum atomic E-state index is 12.9. The number of halogens is 2. The van der Waals surface area contributed by atoms with E-state index in [4.69, 9.17) is 25.5 Å². The number of aromatic carboxylic acids is 1. The third kappa shape index (κ3) is 3.97. The van der Waals surface area contributed by atoms with Crippen LogP contribution in [0.4, 0.5) is 10.5 Å². The van der Waals surface area contributed by atoms with Crippen LogP contribution in [0.2, 0.25) is 5.15 Å². The first-order chi connectivity index (χ1) is 13.4. The second-order valence-corrected chi connectivity index (χ2v) is 7.48. The molecule has 1 fully saturated rings. The molecule has 3 heterocycles. The molecule has 0 saturated carbocycles. The van der Waals surface area contributed by atoms with Crippen LogP contribution in [0.25, 0.3) is 11.0 Å². The van der Waals surface area contributed by atoms with Gasteiger partial charge in [-0.3, -0.25) is 4.90 Å². The highest BCUT2D eigenvalue weighted by Gasteiger charge is 2.37. The van der Waals surface area contributed by atoms with Gasteiger partial charge >= 0.3 is 12.1 Å². The molecule has 0 aliphatic carbocycles. The lowest BCUT2D eigenvalue weighted by Gasteiger charge is -2.36. The molecule has 8 nitrogen and oxygen atoms in total. The number of pyridine rings is 1. The Morgan fingerprint density at radius 1 is 1.46 bits per heavy atom. The highest BCUT2D eigenvalue weighted by Crippen LogP contribution is 2.41. The summed E-state index contributed by atoms with van der Waals surface area (Å²) in [4.78, 5) is 30.2. The molecule has 0 bridgehead atoms. The van der Waals surface area contributed by atoms with Crippen molar-refractivity contribution in [3.8, 4) is 0 Å². The van der Waals surface area contributed by atoms with E-state index in [9.17, 15) is 14.7 Å². The molecule has 1 aliphatic rings. The van der Waals surface area contributed by atoms with E-state index in [2.05, 4.69) is 20.9 Å². The number of furan rings is 1. The predicted octanol–water partition coefficient (Wildman–Crippen LogP) is 4.86. The van der Waals surface area contributed by atoms with Crippen LogP contribution in [0.1, 0.15) is 43.7 Å². The lowest BCUT2D eigenvalue weighted by molar-refractivity contribution is 0.00467. The highest BCUT2D eigenvalue weighted by molar-refractivity contribution is 9.10. The second kappa shape index (κ2) is 8.67. The van der Waals surface area contributed by atoms with Crippen molar-refractivity contribution >= 4 is 56.3 Å². The summed E-state index contributed by atoms with van der Waals surface area (Å²) in [5.74, 6) is -1.67. The molecule has 1 N–H and O–H groups in total. The van der Waals surface area contributed by atoms with Gasteiger partial charge in [-0.25, -0.2) is 14.6 Å². The van der Waals surface area contributed by atoms with E-state index in [1.165, 1.54) is 11.0 Å². The van der Waals surface area contributed by atoms with Crippen molar-refractivity contribution < 1.29 is 28.6 Å². The molecule has 0 aromatic carbocycles. The maximum Gasteiger partial charge on any atom is 0.414 e. The molecule has 28 heavy (non-hydrogen) atoms. The summed E-state index contributed by atoms with van der Waals surface area (Å²) >= 11 is 9.32. The molecule has 0 unspecified atom stereocenters. The Hall–Kier alpha value is -1.84. The average molecular weight is 476 g/mol. The van der Waals surface area contributed by atoms with Gasteiger partial charge in [-0.15, -0.1) is 0 Å². The second-order valence-electron chi connectivity index (χ2n) is 6.35. The largest absolute Gasteiger partial charge is 0.475 e. The van der Waals surface area contributed by atoms with Gasteiger partial charge in [0.25, 0.3) is 0 Å². The first-order valence-electron chi connectivity index (χ1n) is 8.96. The average Bonchev–Trinajstić information content (AvgIpc) is 3.02. The summed E-state index contributed by atoms with van der Waals surface area (Å²) in [5.41, 5.74) is 0.318. The fourth-order valence-corrected chi connectivity index (χ4v) is 4.18. The first kappa shape index (κ1) is 20.9. The Balaban J connectivity index is 2.21. The van der Waals surface area contributed by atoms with Gasteiger partial charge in [0.05, 0.1) is 18.1 Å². The first-order valence-corrected chi connectivity index (χ1v) is 10.1. The standard InChI is InChI=1S/C18H20BrClN2O6/c1-3-10-7-9(5-6-27-10)22(18(25)26-4-2)13-11-8-12(20)21-16(19)14(11)28-15(13)17(23)24/h8-10H,3-7H2,1-2H3,(H,23,24)/t9-,10-/m0/s1. The van der Waals surface area contributed by atoms with Gasteiger partial charge < -0.3 is 19.0 Å². The van der Waals surface area contributed by atoms with E-state index in [0.717, 1.165) is 6.42 Å². The minimum absolute atomic E-state index is 0.0286. The van der Waals surface area contributed by atoms with E-state index < -0.39 is 12.1 Å². The number of carbonyl (C=O) groups is 2. The number of carboxylic acids is 1. The fraction of sp³-hybridized carbons (Fsp3) is 0.500. The highest BCUT2D eigenvalue weighted by atomic mass is 79.9. The van der Waals surface area contributed by atoms with E-state index in [-0.39, 0.29) is 45.5 Å². The molecular weight excluding hydrogens is 456 g/mol. The molecule has 152 valence electrons. The Morgan fingerprint density at radius 2 is 2.21 bits per heavy atom. The van der Waals surface area contributed by atoms with Crippen molar-refractivity contribution in [1.82, 2.24) is 4.98 Å². The predicted molar refractivity (Wildman–Crippen MR) is 106 cm³/mol. The zero-order valence-corrected chi connectivity index (χ0v) is 17.7. The number of carbonyl (C=O) groups excluding carboxylic acids is 1. The lowest BCUT2D eigenvalue weighted by Crippen LogP contribution is -2.46. The van der Waals surface area contributed by atoms with Crippen LogP contribution in [0.15, 0.2) is 15.1 Å².